The number of nitrogens with one attached hydrogen (secondary N) is 2. The third-order valence-electron chi connectivity index (χ3n) is 3.79. The normalized spacial score (nSPS) is 12.4. The standard InChI is InChI=1S/C18H25N3O2/c1-5-14-6-8-15(9-7-14)18(12(2)3)19-11-17(22)20-16-10-13(4)23-21-16/h6-10,12,18-19H,5,11H2,1-4H3,(H,20,21,22)/t18-/m0/s1. The topological polar surface area (TPSA) is 67.2 Å². The Balaban J connectivity index is 1.94. The maximum atomic E-state index is 12.0. The highest BCUT2D eigenvalue weighted by atomic mass is 16.5. The molecule has 1 atom stereocenters. The Kier molecular flexibility index (Phi) is 5.93. The first-order valence-electron chi connectivity index (χ1n) is 8.05. The van der Waals surface area contributed by atoms with Crippen molar-refractivity contribution in [3.63, 3.8) is 0 Å². The monoisotopic (exact) mass is 315 g/mol. The highest BCUT2D eigenvalue weighted by Gasteiger charge is 2.17. The van der Waals surface area contributed by atoms with Gasteiger partial charge in [0.15, 0.2) is 5.82 Å². The number of carbonyl (C=O) groups is 1. The van der Waals surface area contributed by atoms with Crippen LogP contribution in [-0.2, 0) is 11.2 Å². The van der Waals surface area contributed by atoms with E-state index in [-0.39, 0.29) is 18.5 Å². The van der Waals surface area contributed by atoms with Crippen LogP contribution >= 0.6 is 0 Å². The summed E-state index contributed by atoms with van der Waals surface area (Å²) in [5.74, 6) is 1.37. The summed E-state index contributed by atoms with van der Waals surface area (Å²) in [4.78, 5) is 12.0. The van der Waals surface area contributed by atoms with Gasteiger partial charge in [-0.2, -0.15) is 0 Å². The maximum absolute atomic E-state index is 12.0. The lowest BCUT2D eigenvalue weighted by Gasteiger charge is -2.23. The fourth-order valence-corrected chi connectivity index (χ4v) is 2.51. The summed E-state index contributed by atoms with van der Waals surface area (Å²) < 4.78 is 4.94. The number of anilines is 1. The zero-order valence-corrected chi connectivity index (χ0v) is 14.2. The lowest BCUT2D eigenvalue weighted by atomic mass is 9.95. The first-order chi connectivity index (χ1) is 11.0. The van der Waals surface area contributed by atoms with Gasteiger partial charge in [-0.1, -0.05) is 50.2 Å². The molecule has 0 saturated heterocycles. The SMILES string of the molecule is CCc1ccc([C@@H](NCC(=O)Nc2cc(C)on2)C(C)C)cc1. The number of carbonyl (C=O) groups excluding carboxylic acids is 1. The molecule has 1 amide bonds. The third kappa shape index (κ3) is 4.93. The van der Waals surface area contributed by atoms with Crippen molar-refractivity contribution in [3.05, 3.63) is 47.2 Å². The Morgan fingerprint density at radius 1 is 1.26 bits per heavy atom. The van der Waals surface area contributed by atoms with Crippen molar-refractivity contribution in [3.8, 4) is 0 Å². The van der Waals surface area contributed by atoms with Gasteiger partial charge in [0.05, 0.1) is 6.54 Å². The fraction of sp³-hybridized carbons (Fsp3) is 0.444. The van der Waals surface area contributed by atoms with Gasteiger partial charge >= 0.3 is 0 Å². The molecule has 2 rings (SSSR count). The molecule has 0 aliphatic heterocycles. The highest BCUT2D eigenvalue weighted by Crippen LogP contribution is 2.22. The first-order valence-corrected chi connectivity index (χ1v) is 8.05. The van der Waals surface area contributed by atoms with E-state index in [4.69, 9.17) is 4.52 Å². The number of benzene rings is 1. The Morgan fingerprint density at radius 2 is 1.96 bits per heavy atom. The van der Waals surface area contributed by atoms with Crippen molar-refractivity contribution >= 4 is 11.7 Å². The molecule has 0 saturated carbocycles. The molecule has 2 aromatic rings. The molecular weight excluding hydrogens is 290 g/mol. The lowest BCUT2D eigenvalue weighted by Crippen LogP contribution is -2.33. The minimum Gasteiger partial charge on any atom is -0.360 e. The summed E-state index contributed by atoms with van der Waals surface area (Å²) in [6.45, 7) is 8.44. The molecule has 1 aromatic carbocycles. The van der Waals surface area contributed by atoms with Gasteiger partial charge in [-0.25, -0.2) is 0 Å². The predicted molar refractivity (Wildman–Crippen MR) is 91.3 cm³/mol. The molecule has 0 aliphatic carbocycles. The van der Waals surface area contributed by atoms with E-state index in [1.807, 2.05) is 0 Å². The van der Waals surface area contributed by atoms with E-state index in [2.05, 4.69) is 60.8 Å². The zero-order valence-electron chi connectivity index (χ0n) is 14.2. The highest BCUT2D eigenvalue weighted by molar-refractivity contribution is 5.91. The van der Waals surface area contributed by atoms with Crippen molar-refractivity contribution in [1.82, 2.24) is 10.5 Å². The van der Waals surface area contributed by atoms with Crippen LogP contribution in [0.3, 0.4) is 0 Å². The molecule has 23 heavy (non-hydrogen) atoms. The number of aromatic nitrogens is 1. The number of rotatable bonds is 7. The lowest BCUT2D eigenvalue weighted by molar-refractivity contribution is -0.115. The van der Waals surface area contributed by atoms with Crippen LogP contribution in [0.25, 0.3) is 0 Å². The number of nitrogens with zero attached hydrogens (tertiary/aromatic N) is 1. The number of hydrogen-bond acceptors (Lipinski definition) is 4. The van der Waals surface area contributed by atoms with Crippen LogP contribution in [0.4, 0.5) is 5.82 Å². The van der Waals surface area contributed by atoms with Crippen molar-refractivity contribution in [2.45, 2.75) is 40.2 Å². The van der Waals surface area contributed by atoms with Crippen molar-refractivity contribution in [2.24, 2.45) is 5.92 Å². The molecule has 2 N–H and O–H groups in total. The van der Waals surface area contributed by atoms with Gasteiger partial charge in [-0.3, -0.25) is 4.79 Å². The Hall–Kier alpha value is -2.14. The van der Waals surface area contributed by atoms with E-state index in [0.29, 0.717) is 17.5 Å². The molecule has 0 spiro atoms. The summed E-state index contributed by atoms with van der Waals surface area (Å²) in [5.41, 5.74) is 2.51. The molecule has 124 valence electrons. The van der Waals surface area contributed by atoms with Gasteiger partial charge in [-0.15, -0.1) is 0 Å². The Labute approximate surface area is 137 Å². The molecule has 1 heterocycles. The van der Waals surface area contributed by atoms with Crippen LogP contribution in [0.1, 0.15) is 43.7 Å². The minimum absolute atomic E-state index is 0.130. The summed E-state index contributed by atoms with van der Waals surface area (Å²) in [6.07, 6.45) is 1.03. The zero-order chi connectivity index (χ0) is 16.8. The summed E-state index contributed by atoms with van der Waals surface area (Å²) >= 11 is 0. The molecule has 0 aliphatic rings. The Bertz CT molecular complexity index is 632. The van der Waals surface area contributed by atoms with Gasteiger partial charge in [-0.05, 0) is 30.4 Å². The largest absolute Gasteiger partial charge is 0.360 e. The fourth-order valence-electron chi connectivity index (χ4n) is 2.51. The summed E-state index contributed by atoms with van der Waals surface area (Å²) in [5, 5.41) is 9.81. The molecule has 1 aromatic heterocycles. The van der Waals surface area contributed by atoms with Crippen LogP contribution in [0.15, 0.2) is 34.9 Å². The molecular formula is C18H25N3O2. The molecule has 0 bridgehead atoms. The van der Waals surface area contributed by atoms with Gasteiger partial charge < -0.3 is 15.2 Å². The minimum atomic E-state index is -0.130. The van der Waals surface area contributed by atoms with Crippen LogP contribution < -0.4 is 10.6 Å². The summed E-state index contributed by atoms with van der Waals surface area (Å²) in [7, 11) is 0. The van der Waals surface area contributed by atoms with Gasteiger partial charge in [0.25, 0.3) is 0 Å². The number of aryl methyl sites for hydroxylation is 2. The third-order valence-corrected chi connectivity index (χ3v) is 3.79. The van der Waals surface area contributed by atoms with Crippen molar-refractivity contribution in [1.29, 1.82) is 0 Å². The average Bonchev–Trinajstić information content (AvgIpc) is 2.92. The molecule has 5 nitrogen and oxygen atoms in total. The van der Waals surface area contributed by atoms with Crippen LogP contribution in [-0.4, -0.2) is 17.6 Å². The van der Waals surface area contributed by atoms with Crippen molar-refractivity contribution in [2.75, 3.05) is 11.9 Å². The number of hydrogen-bond donors (Lipinski definition) is 2. The van der Waals surface area contributed by atoms with Gasteiger partial charge in [0.1, 0.15) is 5.76 Å². The van der Waals surface area contributed by atoms with Crippen LogP contribution in [0, 0.1) is 12.8 Å². The van der Waals surface area contributed by atoms with E-state index in [0.717, 1.165) is 6.42 Å². The second-order valence-electron chi connectivity index (χ2n) is 6.07. The smallest absolute Gasteiger partial charge is 0.239 e. The van der Waals surface area contributed by atoms with Crippen molar-refractivity contribution < 1.29 is 9.32 Å². The van der Waals surface area contributed by atoms with E-state index < -0.39 is 0 Å². The van der Waals surface area contributed by atoms with E-state index in [1.165, 1.54) is 11.1 Å². The van der Waals surface area contributed by atoms with Gasteiger partial charge in [0, 0.05) is 12.1 Å². The second kappa shape index (κ2) is 7.92. The van der Waals surface area contributed by atoms with E-state index >= 15 is 0 Å². The maximum Gasteiger partial charge on any atom is 0.239 e. The molecule has 0 unspecified atom stereocenters. The predicted octanol–water partition coefficient (Wildman–Crippen LogP) is 3.47. The molecule has 0 radical (unpaired) electrons. The van der Waals surface area contributed by atoms with Crippen LogP contribution in [0.5, 0.6) is 0 Å². The quantitative estimate of drug-likeness (QED) is 0.821. The average molecular weight is 315 g/mol. The van der Waals surface area contributed by atoms with E-state index in [9.17, 15) is 4.79 Å². The molecule has 5 heteroatoms. The summed E-state index contributed by atoms with van der Waals surface area (Å²) in [6, 6.07) is 10.4. The first kappa shape index (κ1) is 17.2. The van der Waals surface area contributed by atoms with E-state index in [1.54, 1.807) is 13.0 Å². The van der Waals surface area contributed by atoms with Gasteiger partial charge in [0.2, 0.25) is 5.91 Å². The number of amides is 1. The van der Waals surface area contributed by atoms with Crippen LogP contribution in [0.2, 0.25) is 0 Å². The molecule has 0 fully saturated rings. The second-order valence-corrected chi connectivity index (χ2v) is 6.07. The Morgan fingerprint density at radius 3 is 2.48 bits per heavy atom.